The lowest BCUT2D eigenvalue weighted by molar-refractivity contribution is -0.943. The molecule has 8 heteroatoms. The van der Waals surface area contributed by atoms with Gasteiger partial charge in [0.15, 0.2) is 11.8 Å². The normalized spacial score (nSPS) is 21.5. The van der Waals surface area contributed by atoms with Crippen LogP contribution < -0.4 is 4.90 Å². The Balaban J connectivity index is 1.55. The van der Waals surface area contributed by atoms with E-state index in [0.717, 1.165) is 56.0 Å². The molecule has 164 valence electrons. The van der Waals surface area contributed by atoms with Crippen LogP contribution in [0.25, 0.3) is 0 Å². The Morgan fingerprint density at radius 2 is 1.94 bits per heavy atom. The van der Waals surface area contributed by atoms with Crippen molar-refractivity contribution in [3.63, 3.8) is 0 Å². The molecular formula is C23H29FN5O2+. The van der Waals surface area contributed by atoms with E-state index < -0.39 is 0 Å². The van der Waals surface area contributed by atoms with E-state index in [-0.39, 0.29) is 18.0 Å². The van der Waals surface area contributed by atoms with Crippen molar-refractivity contribution in [1.29, 1.82) is 0 Å². The first kappa shape index (κ1) is 20.3. The van der Waals surface area contributed by atoms with Crippen molar-refractivity contribution in [2.24, 2.45) is 0 Å². The molecule has 1 saturated heterocycles. The summed E-state index contributed by atoms with van der Waals surface area (Å²) in [5.74, 6) is 1.49. The Labute approximate surface area is 181 Å². The van der Waals surface area contributed by atoms with Crippen molar-refractivity contribution >= 4 is 0 Å². The van der Waals surface area contributed by atoms with Crippen LogP contribution in [0.15, 0.2) is 47.1 Å². The number of furan rings is 1. The molecule has 1 saturated carbocycles. The van der Waals surface area contributed by atoms with Crippen LogP contribution in [0.5, 0.6) is 0 Å². The topological polar surface area (TPSA) is 70.4 Å². The number of rotatable bonds is 8. The summed E-state index contributed by atoms with van der Waals surface area (Å²) in [5, 5.41) is 13.0. The molecule has 31 heavy (non-hydrogen) atoms. The molecule has 3 heterocycles. The van der Waals surface area contributed by atoms with Gasteiger partial charge in [0.2, 0.25) is 5.82 Å². The minimum absolute atomic E-state index is 0.148. The molecule has 1 N–H and O–H groups in total. The van der Waals surface area contributed by atoms with Crippen LogP contribution in [0, 0.1) is 5.82 Å². The zero-order valence-corrected chi connectivity index (χ0v) is 17.6. The first-order chi connectivity index (χ1) is 15.3. The molecule has 1 aliphatic carbocycles. The van der Waals surface area contributed by atoms with Gasteiger partial charge in [-0.25, -0.2) is 9.07 Å². The van der Waals surface area contributed by atoms with Crippen LogP contribution in [0.2, 0.25) is 0 Å². The highest BCUT2D eigenvalue weighted by atomic mass is 19.1. The van der Waals surface area contributed by atoms with Gasteiger partial charge >= 0.3 is 0 Å². The van der Waals surface area contributed by atoms with Crippen LogP contribution in [-0.4, -0.2) is 39.5 Å². The van der Waals surface area contributed by atoms with Crippen LogP contribution in [-0.2, 0) is 11.3 Å². The number of benzene rings is 1. The van der Waals surface area contributed by atoms with Gasteiger partial charge in [-0.3, -0.25) is 0 Å². The van der Waals surface area contributed by atoms with Gasteiger partial charge < -0.3 is 14.1 Å². The van der Waals surface area contributed by atoms with Crippen LogP contribution in [0.4, 0.5) is 4.39 Å². The van der Waals surface area contributed by atoms with Crippen molar-refractivity contribution in [2.45, 2.75) is 63.3 Å². The number of aromatic nitrogens is 4. The van der Waals surface area contributed by atoms with Crippen molar-refractivity contribution in [3.05, 3.63) is 65.6 Å². The molecule has 0 bridgehead atoms. The maximum Gasteiger partial charge on any atom is 0.214 e. The number of halogens is 1. The third kappa shape index (κ3) is 4.55. The zero-order chi connectivity index (χ0) is 21.0. The second-order valence-electron chi connectivity index (χ2n) is 8.66. The lowest BCUT2D eigenvalue weighted by Gasteiger charge is -2.30. The number of hydrogen-bond acceptors (Lipinski definition) is 5. The highest BCUT2D eigenvalue weighted by molar-refractivity contribution is 5.23. The summed E-state index contributed by atoms with van der Waals surface area (Å²) >= 11 is 0. The first-order valence-corrected chi connectivity index (χ1v) is 11.3. The number of tetrazole rings is 1. The van der Waals surface area contributed by atoms with Gasteiger partial charge in [0.25, 0.3) is 0 Å². The Morgan fingerprint density at radius 3 is 2.65 bits per heavy atom. The smallest absolute Gasteiger partial charge is 0.214 e. The van der Waals surface area contributed by atoms with E-state index in [1.165, 1.54) is 29.9 Å². The molecule has 1 aromatic carbocycles. The summed E-state index contributed by atoms with van der Waals surface area (Å²) in [4.78, 5) is 1.24. The lowest BCUT2D eigenvalue weighted by Crippen LogP contribution is -3.12. The fourth-order valence-corrected chi connectivity index (χ4v) is 5.05. The van der Waals surface area contributed by atoms with Crippen LogP contribution in [0.1, 0.15) is 67.8 Å². The quantitative estimate of drug-likeness (QED) is 0.600. The van der Waals surface area contributed by atoms with Gasteiger partial charge in [-0.05, 0) is 72.5 Å². The van der Waals surface area contributed by atoms with Crippen molar-refractivity contribution in [3.8, 4) is 0 Å². The summed E-state index contributed by atoms with van der Waals surface area (Å²) < 4.78 is 27.5. The molecule has 0 spiro atoms. The van der Waals surface area contributed by atoms with Crippen molar-refractivity contribution < 1.29 is 18.4 Å². The number of nitrogens with zero attached hydrogens (tertiary/aromatic N) is 4. The average Bonchev–Trinajstić information content (AvgIpc) is 3.57. The van der Waals surface area contributed by atoms with Crippen molar-refractivity contribution in [2.75, 3.05) is 13.2 Å². The third-order valence-corrected chi connectivity index (χ3v) is 6.55. The van der Waals surface area contributed by atoms with E-state index in [0.29, 0.717) is 12.6 Å². The van der Waals surface area contributed by atoms with E-state index in [9.17, 15) is 4.39 Å². The first-order valence-electron chi connectivity index (χ1n) is 11.3. The molecule has 0 amide bonds. The molecule has 2 fully saturated rings. The fraction of sp³-hybridized carbons (Fsp3) is 0.522. The summed E-state index contributed by atoms with van der Waals surface area (Å²) in [6.45, 7) is 2.28. The second-order valence-corrected chi connectivity index (χ2v) is 8.66. The van der Waals surface area contributed by atoms with Gasteiger partial charge in [0.05, 0.1) is 12.3 Å². The Bertz CT molecular complexity index is 947. The monoisotopic (exact) mass is 426 g/mol. The molecule has 2 aromatic heterocycles. The number of hydrogen-bond donors (Lipinski definition) is 1. The number of nitrogens with one attached hydrogen (secondary N) is 1. The summed E-state index contributed by atoms with van der Waals surface area (Å²) in [6, 6.07) is 10.8. The number of ether oxygens (including phenoxy) is 1. The van der Waals surface area contributed by atoms with Gasteiger partial charge in [-0.1, -0.05) is 12.8 Å². The Morgan fingerprint density at radius 1 is 1.10 bits per heavy atom. The molecular weight excluding hydrogens is 397 g/mol. The molecule has 0 radical (unpaired) electrons. The minimum Gasteiger partial charge on any atom is -0.463 e. The maximum atomic E-state index is 13.8. The fourth-order valence-electron chi connectivity index (χ4n) is 5.05. The van der Waals surface area contributed by atoms with Gasteiger partial charge in [-0.15, -0.1) is 5.10 Å². The van der Waals surface area contributed by atoms with Crippen LogP contribution in [0.3, 0.4) is 0 Å². The maximum absolute atomic E-state index is 13.8. The molecule has 3 aromatic rings. The summed E-state index contributed by atoms with van der Waals surface area (Å²) in [7, 11) is 0. The molecule has 7 nitrogen and oxygen atoms in total. The van der Waals surface area contributed by atoms with Gasteiger partial charge in [0, 0.05) is 12.2 Å². The molecule has 2 aliphatic rings. The largest absolute Gasteiger partial charge is 0.463 e. The summed E-state index contributed by atoms with van der Waals surface area (Å²) in [6.07, 6.45) is 8.60. The van der Waals surface area contributed by atoms with E-state index in [1.54, 1.807) is 6.26 Å². The van der Waals surface area contributed by atoms with E-state index in [1.807, 2.05) is 28.9 Å². The Hall–Kier alpha value is -2.58. The number of quaternary nitrogens is 1. The minimum atomic E-state index is -0.246. The van der Waals surface area contributed by atoms with E-state index in [2.05, 4.69) is 15.5 Å². The standard InChI is InChI=1S/C23H28FN5O2/c24-18-11-9-17(10-12-18)22(23-25-26-27-29(23)19-5-1-2-6-19)28(15-20-7-3-13-30-20)16-21-8-4-14-31-21/h3,7,9-13,19,21-22H,1-2,4-6,8,14-16H2/p+1/t21-,22+/m1/s1. The summed E-state index contributed by atoms with van der Waals surface area (Å²) in [5.41, 5.74) is 0.995. The molecule has 5 rings (SSSR count). The SMILES string of the molecule is Fc1ccc([C@@H](c2nnnn2C2CCCC2)[NH+](Cc2ccco2)C[C@H]2CCCO2)cc1. The predicted octanol–water partition coefficient (Wildman–Crippen LogP) is 2.87. The van der Waals surface area contributed by atoms with Crippen LogP contribution >= 0.6 is 0 Å². The highest BCUT2D eigenvalue weighted by Gasteiger charge is 2.36. The van der Waals surface area contributed by atoms with Gasteiger partial charge in [0.1, 0.15) is 25.0 Å². The van der Waals surface area contributed by atoms with Crippen molar-refractivity contribution in [1.82, 2.24) is 20.2 Å². The lowest BCUT2D eigenvalue weighted by atomic mass is 10.0. The average molecular weight is 427 g/mol. The second kappa shape index (κ2) is 9.28. The molecule has 1 unspecified atom stereocenters. The molecule has 3 atom stereocenters. The van der Waals surface area contributed by atoms with E-state index >= 15 is 0 Å². The zero-order valence-electron chi connectivity index (χ0n) is 17.6. The highest BCUT2D eigenvalue weighted by Crippen LogP contribution is 2.31. The third-order valence-electron chi connectivity index (χ3n) is 6.55. The van der Waals surface area contributed by atoms with E-state index in [4.69, 9.17) is 9.15 Å². The Kier molecular flexibility index (Phi) is 6.08. The predicted molar refractivity (Wildman–Crippen MR) is 111 cm³/mol. The van der Waals surface area contributed by atoms with Gasteiger partial charge in [-0.2, -0.15) is 0 Å². The molecule has 1 aliphatic heterocycles.